The number of carbonyl (C=O) groups is 1. The molecule has 1 aromatic carbocycles. The number of hydrogen-bond donors (Lipinski definition) is 3. The summed E-state index contributed by atoms with van der Waals surface area (Å²) < 4.78 is 0. The molecule has 1 aliphatic rings. The van der Waals surface area contributed by atoms with E-state index >= 15 is 0 Å². The van der Waals surface area contributed by atoms with Crippen LogP contribution in [0.4, 0.5) is 5.82 Å². The lowest BCUT2D eigenvalue weighted by atomic mass is 9.96. The first-order valence-corrected chi connectivity index (χ1v) is 9.61. The minimum atomic E-state index is -0.536. The lowest BCUT2D eigenvalue weighted by molar-refractivity contribution is 0.0933. The van der Waals surface area contributed by atoms with E-state index in [1.165, 1.54) is 11.6 Å². The molecule has 27 heavy (non-hydrogen) atoms. The number of pyridine rings is 1. The van der Waals surface area contributed by atoms with Crippen LogP contribution >= 0.6 is 23.2 Å². The van der Waals surface area contributed by atoms with E-state index < -0.39 is 11.5 Å². The number of amides is 1. The molecule has 0 bridgehead atoms. The molecule has 0 unspecified atom stereocenters. The van der Waals surface area contributed by atoms with Crippen molar-refractivity contribution in [3.05, 3.63) is 61.9 Å². The number of hydrogen-bond acceptors (Lipinski definition) is 4. The van der Waals surface area contributed by atoms with Gasteiger partial charge in [0, 0.05) is 18.1 Å². The summed E-state index contributed by atoms with van der Waals surface area (Å²) in [6, 6.07) is 9.21. The molecule has 6 nitrogen and oxygen atoms in total. The molecule has 4 N–H and O–H groups in total. The number of nitrogens with two attached hydrogens (primary N) is 1. The van der Waals surface area contributed by atoms with Gasteiger partial charge in [0.15, 0.2) is 0 Å². The van der Waals surface area contributed by atoms with Gasteiger partial charge in [-0.25, -0.2) is 0 Å². The van der Waals surface area contributed by atoms with Crippen LogP contribution in [-0.2, 0) is 6.54 Å². The average molecular weight is 409 g/mol. The number of halogens is 2. The molecule has 8 heteroatoms. The average Bonchev–Trinajstić information content (AvgIpc) is 2.64. The van der Waals surface area contributed by atoms with Gasteiger partial charge in [-0.1, -0.05) is 35.3 Å². The SMILES string of the molecule is Nc1[nH]c(=O)c(C(=O)NCC2CCN(Cc3cccc(Cl)c3)CC2)cc1Cl. The van der Waals surface area contributed by atoms with Gasteiger partial charge in [0.25, 0.3) is 11.5 Å². The molecule has 1 saturated heterocycles. The molecular weight excluding hydrogens is 387 g/mol. The van der Waals surface area contributed by atoms with E-state index in [-0.39, 0.29) is 16.4 Å². The van der Waals surface area contributed by atoms with Crippen molar-refractivity contribution in [2.45, 2.75) is 19.4 Å². The fourth-order valence-electron chi connectivity index (χ4n) is 3.26. The number of piperidine rings is 1. The third-order valence-corrected chi connectivity index (χ3v) is 5.37. The normalized spacial score (nSPS) is 15.6. The highest BCUT2D eigenvalue weighted by Gasteiger charge is 2.21. The number of benzene rings is 1. The second kappa shape index (κ2) is 8.78. The Labute approximate surface area is 167 Å². The molecule has 1 aliphatic heterocycles. The molecule has 0 aliphatic carbocycles. The number of nitrogens with one attached hydrogen (secondary N) is 2. The Morgan fingerprint density at radius 3 is 2.70 bits per heavy atom. The molecule has 0 radical (unpaired) electrons. The maximum Gasteiger partial charge on any atom is 0.262 e. The quantitative estimate of drug-likeness (QED) is 0.708. The van der Waals surface area contributed by atoms with E-state index in [4.69, 9.17) is 28.9 Å². The zero-order chi connectivity index (χ0) is 19.4. The van der Waals surface area contributed by atoms with Gasteiger partial charge in [-0.3, -0.25) is 14.5 Å². The highest BCUT2D eigenvalue weighted by molar-refractivity contribution is 6.33. The molecule has 1 fully saturated rings. The molecule has 1 aromatic heterocycles. The molecule has 0 spiro atoms. The van der Waals surface area contributed by atoms with Crippen LogP contribution in [-0.4, -0.2) is 35.4 Å². The predicted octanol–water partition coefficient (Wildman–Crippen LogP) is 2.91. The van der Waals surface area contributed by atoms with Crippen LogP contribution in [0.5, 0.6) is 0 Å². The highest BCUT2D eigenvalue weighted by atomic mass is 35.5. The van der Waals surface area contributed by atoms with Crippen LogP contribution in [0.1, 0.15) is 28.8 Å². The summed E-state index contributed by atoms with van der Waals surface area (Å²) in [6.45, 7) is 3.33. The van der Waals surface area contributed by atoms with Crippen LogP contribution in [0.2, 0.25) is 10.0 Å². The van der Waals surface area contributed by atoms with Crippen molar-refractivity contribution in [2.75, 3.05) is 25.4 Å². The Kier molecular flexibility index (Phi) is 6.42. The van der Waals surface area contributed by atoms with Crippen molar-refractivity contribution in [3.8, 4) is 0 Å². The minimum Gasteiger partial charge on any atom is -0.384 e. The highest BCUT2D eigenvalue weighted by Crippen LogP contribution is 2.20. The summed E-state index contributed by atoms with van der Waals surface area (Å²) in [5.41, 5.74) is 6.17. The monoisotopic (exact) mass is 408 g/mol. The number of rotatable bonds is 5. The van der Waals surface area contributed by atoms with Crippen molar-refractivity contribution >= 4 is 34.9 Å². The fraction of sp³-hybridized carbons (Fsp3) is 0.368. The summed E-state index contributed by atoms with van der Waals surface area (Å²) in [5, 5.41) is 3.75. The van der Waals surface area contributed by atoms with E-state index in [1.54, 1.807) is 0 Å². The number of anilines is 1. The Balaban J connectivity index is 1.47. The molecule has 1 amide bonds. The van der Waals surface area contributed by atoms with E-state index in [0.29, 0.717) is 12.5 Å². The number of aromatic nitrogens is 1. The van der Waals surface area contributed by atoms with Crippen molar-refractivity contribution in [1.82, 2.24) is 15.2 Å². The summed E-state index contributed by atoms with van der Waals surface area (Å²) in [7, 11) is 0. The largest absolute Gasteiger partial charge is 0.384 e. The molecule has 3 rings (SSSR count). The number of nitrogens with zero attached hydrogens (tertiary/aromatic N) is 1. The van der Waals surface area contributed by atoms with Gasteiger partial charge in [-0.15, -0.1) is 0 Å². The number of likely N-dealkylation sites (tertiary alicyclic amines) is 1. The van der Waals surface area contributed by atoms with Gasteiger partial charge in [0.1, 0.15) is 11.4 Å². The molecule has 2 heterocycles. The van der Waals surface area contributed by atoms with Gasteiger partial charge >= 0.3 is 0 Å². The summed E-state index contributed by atoms with van der Waals surface area (Å²) in [4.78, 5) is 28.9. The number of carbonyl (C=O) groups excluding carboxylic acids is 1. The van der Waals surface area contributed by atoms with Crippen molar-refractivity contribution in [2.24, 2.45) is 5.92 Å². The van der Waals surface area contributed by atoms with Gasteiger partial charge in [-0.2, -0.15) is 0 Å². The third kappa shape index (κ3) is 5.25. The summed E-state index contributed by atoms with van der Waals surface area (Å²) in [5.74, 6) is 0.0118. The van der Waals surface area contributed by atoms with Gasteiger partial charge < -0.3 is 16.0 Å². The Morgan fingerprint density at radius 2 is 2.00 bits per heavy atom. The van der Waals surface area contributed by atoms with Crippen LogP contribution in [0.15, 0.2) is 35.1 Å². The maximum absolute atomic E-state index is 12.3. The van der Waals surface area contributed by atoms with Gasteiger partial charge in [-0.05, 0) is 55.6 Å². The second-order valence-electron chi connectivity index (χ2n) is 6.83. The smallest absolute Gasteiger partial charge is 0.262 e. The van der Waals surface area contributed by atoms with Crippen molar-refractivity contribution in [1.29, 1.82) is 0 Å². The Hall–Kier alpha value is -2.02. The molecule has 2 aromatic rings. The van der Waals surface area contributed by atoms with Crippen molar-refractivity contribution < 1.29 is 4.79 Å². The van der Waals surface area contributed by atoms with E-state index in [1.807, 2.05) is 18.2 Å². The molecule has 0 saturated carbocycles. The fourth-order valence-corrected chi connectivity index (χ4v) is 3.63. The molecular formula is C19H22Cl2N4O2. The zero-order valence-corrected chi connectivity index (χ0v) is 16.3. The predicted molar refractivity (Wildman–Crippen MR) is 108 cm³/mol. The lowest BCUT2D eigenvalue weighted by Gasteiger charge is -2.32. The first kappa shape index (κ1) is 19.7. The van der Waals surface area contributed by atoms with Crippen LogP contribution < -0.4 is 16.6 Å². The second-order valence-corrected chi connectivity index (χ2v) is 7.68. The first-order chi connectivity index (χ1) is 12.9. The number of nitrogen functional groups attached to an aromatic ring is 1. The zero-order valence-electron chi connectivity index (χ0n) is 14.8. The van der Waals surface area contributed by atoms with Gasteiger partial charge in [0.05, 0.1) is 5.02 Å². The summed E-state index contributed by atoms with van der Waals surface area (Å²) in [6.07, 6.45) is 1.97. The molecule has 0 atom stereocenters. The standard InChI is InChI=1S/C19H22Cl2N4O2/c20-14-3-1-2-13(8-14)11-25-6-4-12(5-7-25)10-23-18(26)15-9-16(21)17(22)24-19(15)27/h1-3,8-9,12H,4-7,10-11H2,(H,23,26)(H3,22,24,27). The Morgan fingerprint density at radius 1 is 1.26 bits per heavy atom. The van der Waals surface area contributed by atoms with E-state index in [0.717, 1.165) is 37.5 Å². The van der Waals surface area contributed by atoms with Crippen LogP contribution in [0.25, 0.3) is 0 Å². The minimum absolute atomic E-state index is 0.0207. The van der Waals surface area contributed by atoms with E-state index in [2.05, 4.69) is 21.3 Å². The number of H-pyrrole nitrogens is 1. The van der Waals surface area contributed by atoms with Crippen LogP contribution in [0.3, 0.4) is 0 Å². The first-order valence-electron chi connectivity index (χ1n) is 8.85. The van der Waals surface area contributed by atoms with E-state index in [9.17, 15) is 9.59 Å². The van der Waals surface area contributed by atoms with Gasteiger partial charge in [0.2, 0.25) is 0 Å². The lowest BCUT2D eigenvalue weighted by Crippen LogP contribution is -2.39. The third-order valence-electron chi connectivity index (χ3n) is 4.82. The van der Waals surface area contributed by atoms with Crippen molar-refractivity contribution in [3.63, 3.8) is 0 Å². The Bertz CT molecular complexity index is 876. The van der Waals surface area contributed by atoms with Crippen LogP contribution in [0, 0.1) is 5.92 Å². The molecule has 144 valence electrons. The summed E-state index contributed by atoms with van der Waals surface area (Å²) >= 11 is 11.9. The number of aromatic amines is 1. The maximum atomic E-state index is 12.3. The topological polar surface area (TPSA) is 91.2 Å².